The van der Waals surface area contributed by atoms with Crippen LogP contribution in [0.4, 0.5) is 10.5 Å². The molecule has 2 fully saturated rings. The van der Waals surface area contributed by atoms with Gasteiger partial charge in [-0.05, 0) is 86.4 Å². The average molecular weight is 776 g/mol. The van der Waals surface area contributed by atoms with E-state index in [1.165, 1.54) is 0 Å². The van der Waals surface area contributed by atoms with Gasteiger partial charge in [0.25, 0.3) is 0 Å². The number of carbonyl (C=O) groups is 2. The summed E-state index contributed by atoms with van der Waals surface area (Å²) >= 11 is 7.00. The molecule has 0 spiro atoms. The van der Waals surface area contributed by atoms with Crippen molar-refractivity contribution < 1.29 is 9.59 Å². The smallest absolute Gasteiger partial charge is 0.326 e. The maximum atomic E-state index is 14.1. The average Bonchev–Trinajstić information content (AvgIpc) is 3.52. The van der Waals surface area contributed by atoms with Gasteiger partial charge in [-0.2, -0.15) is 5.26 Å². The Hall–Kier alpha value is -4.34. The maximum absolute atomic E-state index is 14.1. The van der Waals surface area contributed by atoms with Crippen LogP contribution in [0.5, 0.6) is 0 Å². The minimum atomic E-state index is -0.829. The largest absolute Gasteiger partial charge is 0.397 e. The molecule has 0 aliphatic carbocycles. The molecule has 4 aromatic rings. The normalized spacial score (nSPS) is 17.0. The number of anilines is 1. The number of nitrogens with zero attached hydrogens (tertiary/aromatic N) is 4. The van der Waals surface area contributed by atoms with Crippen LogP contribution in [0.2, 0.25) is 0 Å². The summed E-state index contributed by atoms with van der Waals surface area (Å²) in [7, 11) is 0. The van der Waals surface area contributed by atoms with Crippen LogP contribution < -0.4 is 16.7 Å². The number of carbonyl (C=O) groups excluding carboxylic acids is 2. The van der Waals surface area contributed by atoms with Gasteiger partial charge in [0, 0.05) is 53.8 Å². The molecule has 0 saturated carbocycles. The minimum Gasteiger partial charge on any atom is -0.397 e. The van der Waals surface area contributed by atoms with Crippen LogP contribution in [0.25, 0.3) is 11.3 Å². The second-order valence-corrected chi connectivity index (χ2v) is 14.2. The van der Waals surface area contributed by atoms with Crippen molar-refractivity contribution >= 4 is 49.5 Å². The monoisotopic (exact) mass is 773 g/mol. The Morgan fingerprint density at radius 3 is 2.17 bits per heavy atom. The molecule has 0 radical (unpaired) electrons. The predicted octanol–water partition coefficient (Wildman–Crippen LogP) is 5.99. The number of benzene rings is 3. The Balaban J connectivity index is 1.14. The van der Waals surface area contributed by atoms with E-state index in [0.29, 0.717) is 66.5 Å². The number of urea groups is 1. The van der Waals surface area contributed by atoms with Crippen molar-refractivity contribution in [1.29, 1.82) is 5.26 Å². The second-order valence-electron chi connectivity index (χ2n) is 12.5. The Kier molecular flexibility index (Phi) is 10.1. The number of H-pyrrole nitrogens is 1. The molecular weight excluding hydrogens is 738 g/mol. The maximum Gasteiger partial charge on any atom is 0.326 e. The number of piperidine rings is 2. The fourth-order valence-corrected chi connectivity index (χ4v) is 8.06. The van der Waals surface area contributed by atoms with Crippen molar-refractivity contribution in [1.82, 2.24) is 24.7 Å². The zero-order chi connectivity index (χ0) is 33.8. The zero-order valence-electron chi connectivity index (χ0n) is 26.4. The number of hydrogen-bond donors (Lipinski definition) is 3. The van der Waals surface area contributed by atoms with Gasteiger partial charge in [0.2, 0.25) is 5.91 Å². The summed E-state index contributed by atoms with van der Waals surface area (Å²) in [5.41, 5.74) is 9.34. The van der Waals surface area contributed by atoms with Gasteiger partial charge < -0.3 is 25.8 Å². The summed E-state index contributed by atoms with van der Waals surface area (Å²) in [5, 5.41) is 13.2. The number of aromatic amines is 1. The van der Waals surface area contributed by atoms with E-state index < -0.39 is 11.5 Å². The van der Waals surface area contributed by atoms with E-state index >= 15 is 0 Å². The van der Waals surface area contributed by atoms with Crippen LogP contribution in [0.1, 0.15) is 42.9 Å². The van der Waals surface area contributed by atoms with Crippen molar-refractivity contribution in [2.75, 3.05) is 31.9 Å². The molecule has 0 bridgehead atoms. The molecule has 1 aromatic heterocycles. The number of halogens is 2. The highest BCUT2D eigenvalue weighted by atomic mass is 79.9. The van der Waals surface area contributed by atoms with E-state index in [-0.39, 0.29) is 30.1 Å². The fourth-order valence-electron chi connectivity index (χ4n) is 6.77. The number of imidazole rings is 1. The number of amides is 3. The molecule has 1 atom stereocenters. The highest BCUT2D eigenvalue weighted by molar-refractivity contribution is 9.11. The standard InChI is InChI=1S/C36H37Br2N7O3/c37-28-19-24(20-29(38)32(28)40)21-30(33(46)43-17-13-36(23-39,14-18-43)26-9-5-2-6-10-26)41-34(47)44-15-11-27(12-16-44)45-22-31(42-35(45)48)25-7-3-1-4-8-25/h1-10,19-20,22,27,30H,11-18,21,40H2,(H,41,47)(H,42,48)/t30-/m0/s1. The van der Waals surface area contributed by atoms with Gasteiger partial charge >= 0.3 is 11.7 Å². The highest BCUT2D eigenvalue weighted by Crippen LogP contribution is 2.35. The van der Waals surface area contributed by atoms with Gasteiger partial charge in [0.15, 0.2) is 0 Å². The topological polar surface area (TPSA) is 140 Å². The van der Waals surface area contributed by atoms with Gasteiger partial charge in [-0.15, -0.1) is 0 Å². The van der Waals surface area contributed by atoms with Crippen molar-refractivity contribution in [2.24, 2.45) is 0 Å². The third kappa shape index (κ3) is 7.08. The van der Waals surface area contributed by atoms with E-state index in [2.05, 4.69) is 48.2 Å². The number of nitrogens with two attached hydrogens (primary N) is 1. The molecule has 0 unspecified atom stereocenters. The van der Waals surface area contributed by atoms with Crippen molar-refractivity contribution in [2.45, 2.75) is 49.6 Å². The first kappa shape index (κ1) is 33.6. The van der Waals surface area contributed by atoms with Gasteiger partial charge in [-0.25, -0.2) is 9.59 Å². The SMILES string of the molecule is N#CC1(c2ccccc2)CCN(C(=O)[C@H](Cc2cc(Br)c(N)c(Br)c2)NC(=O)N2CCC(n3cc(-c4ccccc4)[nH]c3=O)CC2)CC1. The number of nitrogen functional groups attached to an aromatic ring is 1. The Bertz CT molecular complexity index is 1850. The number of aromatic nitrogens is 2. The van der Waals surface area contributed by atoms with E-state index in [1.807, 2.05) is 79.0 Å². The summed E-state index contributed by atoms with van der Waals surface area (Å²) in [6, 6.07) is 24.5. The second kappa shape index (κ2) is 14.4. The zero-order valence-corrected chi connectivity index (χ0v) is 29.5. The molecule has 3 heterocycles. The van der Waals surface area contributed by atoms with Crippen LogP contribution in [0, 0.1) is 11.3 Å². The molecule has 2 aliphatic heterocycles. The molecule has 248 valence electrons. The lowest BCUT2D eigenvalue weighted by Crippen LogP contribution is -2.56. The Morgan fingerprint density at radius 2 is 1.56 bits per heavy atom. The minimum absolute atomic E-state index is 0.0458. The number of hydrogen-bond acceptors (Lipinski definition) is 5. The van der Waals surface area contributed by atoms with Crippen LogP contribution in [0.15, 0.2) is 92.7 Å². The summed E-state index contributed by atoms with van der Waals surface area (Å²) in [6.45, 7) is 1.70. The summed E-state index contributed by atoms with van der Waals surface area (Å²) in [6.07, 6.45) is 4.36. The quantitative estimate of drug-likeness (QED) is 0.198. The van der Waals surface area contributed by atoms with Crippen LogP contribution in [-0.2, 0) is 16.6 Å². The molecule has 3 amide bonds. The molecule has 2 aliphatic rings. The molecule has 4 N–H and O–H groups in total. The van der Waals surface area contributed by atoms with Crippen molar-refractivity contribution in [3.63, 3.8) is 0 Å². The predicted molar refractivity (Wildman–Crippen MR) is 192 cm³/mol. The third-order valence-electron chi connectivity index (χ3n) is 9.62. The number of likely N-dealkylation sites (tertiary alicyclic amines) is 2. The molecular formula is C36H37Br2N7O3. The van der Waals surface area contributed by atoms with Gasteiger partial charge in [-0.1, -0.05) is 60.7 Å². The van der Waals surface area contributed by atoms with E-state index in [9.17, 15) is 19.6 Å². The lowest BCUT2D eigenvalue weighted by molar-refractivity contribution is -0.134. The summed E-state index contributed by atoms with van der Waals surface area (Å²) < 4.78 is 3.12. The third-order valence-corrected chi connectivity index (χ3v) is 10.9. The highest BCUT2D eigenvalue weighted by Gasteiger charge is 2.39. The van der Waals surface area contributed by atoms with Crippen molar-refractivity contribution in [3.8, 4) is 17.3 Å². The fraction of sp³-hybridized carbons (Fsp3) is 0.333. The molecule has 2 saturated heterocycles. The van der Waals surface area contributed by atoms with E-state index in [0.717, 1.165) is 22.4 Å². The van der Waals surface area contributed by atoms with Crippen molar-refractivity contribution in [3.05, 3.63) is 110 Å². The molecule has 48 heavy (non-hydrogen) atoms. The molecule has 10 nitrogen and oxygen atoms in total. The van der Waals surface area contributed by atoms with Gasteiger partial charge in [-0.3, -0.25) is 9.36 Å². The Morgan fingerprint density at radius 1 is 0.958 bits per heavy atom. The molecule has 12 heteroatoms. The van der Waals surface area contributed by atoms with Crippen LogP contribution in [0.3, 0.4) is 0 Å². The lowest BCUT2D eigenvalue weighted by atomic mass is 9.74. The summed E-state index contributed by atoms with van der Waals surface area (Å²) in [5.74, 6) is -0.186. The van der Waals surface area contributed by atoms with Crippen LogP contribution >= 0.6 is 31.9 Å². The molecule has 6 rings (SSSR count). The first-order chi connectivity index (χ1) is 23.2. The first-order valence-electron chi connectivity index (χ1n) is 16.1. The Labute approximate surface area is 296 Å². The van der Waals surface area contributed by atoms with E-state index in [1.54, 1.807) is 14.4 Å². The lowest BCUT2D eigenvalue weighted by Gasteiger charge is -2.39. The molecule has 3 aromatic carbocycles. The summed E-state index contributed by atoms with van der Waals surface area (Å²) in [4.78, 5) is 47.1. The van der Waals surface area contributed by atoms with Gasteiger partial charge in [0.05, 0.1) is 22.9 Å². The van der Waals surface area contributed by atoms with Crippen LogP contribution in [-0.4, -0.2) is 63.5 Å². The number of nitrogens with one attached hydrogen (secondary N) is 2. The number of rotatable bonds is 7. The van der Waals surface area contributed by atoms with Gasteiger partial charge in [0.1, 0.15) is 6.04 Å². The number of nitriles is 1. The first-order valence-corrected chi connectivity index (χ1v) is 17.7. The van der Waals surface area contributed by atoms with E-state index in [4.69, 9.17) is 5.73 Å².